The zero-order valence-corrected chi connectivity index (χ0v) is 17.3. The molecule has 1 atom stereocenters. The highest BCUT2D eigenvalue weighted by molar-refractivity contribution is 5.94. The Hall–Kier alpha value is -3.60. The number of para-hydroxylation sites is 2. The summed E-state index contributed by atoms with van der Waals surface area (Å²) in [6.07, 6.45) is 0. The monoisotopic (exact) mass is 400 g/mol. The number of fused-ring (bicyclic) bond motifs is 2. The van der Waals surface area contributed by atoms with Crippen molar-refractivity contribution in [3.05, 3.63) is 88.6 Å². The lowest BCUT2D eigenvalue weighted by molar-refractivity contribution is -0.132. The number of likely N-dealkylation sites (N-methyl/N-ethyl adjacent to an activating group) is 1. The van der Waals surface area contributed by atoms with Crippen LogP contribution in [0.2, 0.25) is 0 Å². The first-order chi connectivity index (χ1) is 14.5. The summed E-state index contributed by atoms with van der Waals surface area (Å²) in [6.45, 7) is 2.15. The fraction of sp³-hybridized carbons (Fsp3) is 0.200. The quantitative estimate of drug-likeness (QED) is 0.467. The van der Waals surface area contributed by atoms with Crippen molar-refractivity contribution in [2.45, 2.75) is 19.5 Å². The second-order valence-electron chi connectivity index (χ2n) is 7.40. The van der Waals surface area contributed by atoms with Crippen LogP contribution in [0.3, 0.4) is 0 Å². The molecule has 1 heterocycles. The number of methoxy groups -OCH3 is 1. The van der Waals surface area contributed by atoms with E-state index in [9.17, 15) is 9.59 Å². The van der Waals surface area contributed by atoms with Gasteiger partial charge in [0.25, 0.3) is 0 Å². The average Bonchev–Trinajstić information content (AvgIpc) is 2.80. The highest BCUT2D eigenvalue weighted by Crippen LogP contribution is 2.23. The standard InChI is InChI=1S/C25H24N2O3/c1-17(18-12-14-19(30-3)15-13-18)26(2)24(28)16-27-22-10-6-4-8-20(22)25(29)21-9-5-7-11-23(21)27/h4-15,17H,16H2,1-3H3. The fourth-order valence-corrected chi connectivity index (χ4v) is 3.82. The molecule has 0 saturated carbocycles. The molecule has 30 heavy (non-hydrogen) atoms. The third kappa shape index (κ3) is 3.43. The first-order valence-electron chi connectivity index (χ1n) is 9.91. The number of amides is 1. The number of rotatable bonds is 5. The van der Waals surface area contributed by atoms with Crippen LogP contribution in [0, 0.1) is 0 Å². The molecule has 0 fully saturated rings. The van der Waals surface area contributed by atoms with E-state index in [1.165, 1.54) is 0 Å². The van der Waals surface area contributed by atoms with E-state index in [1.807, 2.05) is 91.3 Å². The maximum atomic E-state index is 13.2. The van der Waals surface area contributed by atoms with Gasteiger partial charge >= 0.3 is 0 Å². The maximum Gasteiger partial charge on any atom is 0.242 e. The molecule has 1 amide bonds. The van der Waals surface area contributed by atoms with E-state index in [4.69, 9.17) is 4.74 Å². The van der Waals surface area contributed by atoms with Crippen LogP contribution in [0.1, 0.15) is 18.5 Å². The van der Waals surface area contributed by atoms with Crippen molar-refractivity contribution in [1.29, 1.82) is 0 Å². The van der Waals surface area contributed by atoms with E-state index in [-0.39, 0.29) is 23.9 Å². The van der Waals surface area contributed by atoms with Gasteiger partial charge in [0, 0.05) is 17.8 Å². The summed E-state index contributed by atoms with van der Waals surface area (Å²) >= 11 is 0. The van der Waals surface area contributed by atoms with Gasteiger partial charge < -0.3 is 14.2 Å². The second-order valence-corrected chi connectivity index (χ2v) is 7.40. The molecule has 0 radical (unpaired) electrons. The first-order valence-corrected chi connectivity index (χ1v) is 9.91. The molecule has 3 aromatic carbocycles. The summed E-state index contributed by atoms with van der Waals surface area (Å²) in [5.74, 6) is 0.753. The zero-order chi connectivity index (χ0) is 21.3. The number of carbonyl (C=O) groups is 1. The van der Waals surface area contributed by atoms with E-state index < -0.39 is 0 Å². The molecule has 152 valence electrons. The van der Waals surface area contributed by atoms with Crippen molar-refractivity contribution < 1.29 is 9.53 Å². The molecular formula is C25H24N2O3. The largest absolute Gasteiger partial charge is 0.497 e. The van der Waals surface area contributed by atoms with Crippen LogP contribution < -0.4 is 10.2 Å². The molecule has 4 aromatic rings. The molecule has 5 nitrogen and oxygen atoms in total. The number of benzene rings is 3. The summed E-state index contributed by atoms with van der Waals surface area (Å²) in [4.78, 5) is 27.9. The van der Waals surface area contributed by atoms with Gasteiger partial charge in [-0.2, -0.15) is 0 Å². The number of carbonyl (C=O) groups excluding carboxylic acids is 1. The number of ether oxygens (including phenoxy) is 1. The van der Waals surface area contributed by atoms with Gasteiger partial charge in [-0.3, -0.25) is 9.59 Å². The predicted octanol–water partition coefficient (Wildman–Crippen LogP) is 4.38. The van der Waals surface area contributed by atoms with Crippen molar-refractivity contribution in [3.63, 3.8) is 0 Å². The molecule has 4 rings (SSSR count). The number of pyridine rings is 1. The van der Waals surface area contributed by atoms with Crippen LogP contribution in [0.25, 0.3) is 21.8 Å². The zero-order valence-electron chi connectivity index (χ0n) is 17.3. The van der Waals surface area contributed by atoms with Gasteiger partial charge in [-0.25, -0.2) is 0 Å². The SMILES string of the molecule is COc1ccc(C(C)N(C)C(=O)Cn2c3ccccc3c(=O)c3ccccc32)cc1. The predicted molar refractivity (Wildman–Crippen MR) is 120 cm³/mol. The lowest BCUT2D eigenvalue weighted by Crippen LogP contribution is -2.33. The van der Waals surface area contributed by atoms with E-state index in [2.05, 4.69) is 0 Å². The van der Waals surface area contributed by atoms with Crippen LogP contribution in [0.4, 0.5) is 0 Å². The Labute approximate surface area is 175 Å². The van der Waals surface area contributed by atoms with Crippen molar-refractivity contribution in [2.24, 2.45) is 0 Å². The Bertz CT molecular complexity index is 1220. The van der Waals surface area contributed by atoms with Gasteiger partial charge in [0.05, 0.1) is 24.2 Å². The number of aromatic nitrogens is 1. The first kappa shape index (κ1) is 19.7. The molecule has 0 aliphatic carbocycles. The molecule has 0 aliphatic heterocycles. The van der Waals surface area contributed by atoms with Gasteiger partial charge in [-0.15, -0.1) is 0 Å². The fourth-order valence-electron chi connectivity index (χ4n) is 3.82. The number of hydrogen-bond donors (Lipinski definition) is 0. The highest BCUT2D eigenvalue weighted by atomic mass is 16.5. The Morgan fingerprint density at radius 3 is 2.00 bits per heavy atom. The van der Waals surface area contributed by atoms with Crippen LogP contribution in [0.5, 0.6) is 5.75 Å². The minimum absolute atomic E-state index is 0.00939. The number of nitrogens with zero attached hydrogens (tertiary/aromatic N) is 2. The smallest absolute Gasteiger partial charge is 0.242 e. The summed E-state index contributed by atoms with van der Waals surface area (Å²) in [6, 6.07) is 22.5. The Morgan fingerprint density at radius 2 is 1.47 bits per heavy atom. The van der Waals surface area contributed by atoms with Gasteiger partial charge in [-0.1, -0.05) is 36.4 Å². The van der Waals surface area contributed by atoms with E-state index in [1.54, 1.807) is 12.0 Å². The van der Waals surface area contributed by atoms with Crippen LogP contribution in [-0.4, -0.2) is 29.5 Å². The molecule has 1 aromatic heterocycles. The lowest BCUT2D eigenvalue weighted by Gasteiger charge is -2.27. The van der Waals surface area contributed by atoms with E-state index in [0.717, 1.165) is 22.3 Å². The molecule has 1 unspecified atom stereocenters. The van der Waals surface area contributed by atoms with Crippen LogP contribution >= 0.6 is 0 Å². The highest BCUT2D eigenvalue weighted by Gasteiger charge is 2.20. The molecule has 0 N–H and O–H groups in total. The van der Waals surface area contributed by atoms with Crippen molar-refractivity contribution >= 4 is 27.7 Å². The number of hydrogen-bond acceptors (Lipinski definition) is 3. The van der Waals surface area contributed by atoms with Crippen molar-refractivity contribution in [1.82, 2.24) is 9.47 Å². The normalized spacial score (nSPS) is 12.1. The summed E-state index contributed by atoms with van der Waals surface area (Å²) in [5, 5.41) is 1.24. The summed E-state index contributed by atoms with van der Waals surface area (Å²) < 4.78 is 7.15. The van der Waals surface area contributed by atoms with Gasteiger partial charge in [0.2, 0.25) is 5.91 Å². The van der Waals surface area contributed by atoms with E-state index in [0.29, 0.717) is 10.8 Å². The minimum Gasteiger partial charge on any atom is -0.497 e. The molecule has 5 heteroatoms. The minimum atomic E-state index is -0.0969. The topological polar surface area (TPSA) is 51.5 Å². The van der Waals surface area contributed by atoms with Crippen LogP contribution in [-0.2, 0) is 11.3 Å². The molecule has 0 saturated heterocycles. The van der Waals surface area contributed by atoms with E-state index >= 15 is 0 Å². The van der Waals surface area contributed by atoms with Gasteiger partial charge in [-0.05, 0) is 48.9 Å². The molecule has 0 aliphatic rings. The molecular weight excluding hydrogens is 376 g/mol. The Kier molecular flexibility index (Phi) is 5.27. The Balaban J connectivity index is 1.71. The summed E-state index contributed by atoms with van der Waals surface area (Å²) in [5.41, 5.74) is 2.55. The van der Waals surface area contributed by atoms with Gasteiger partial charge in [0.15, 0.2) is 5.43 Å². The maximum absolute atomic E-state index is 13.2. The Morgan fingerprint density at radius 1 is 0.933 bits per heavy atom. The van der Waals surface area contributed by atoms with Crippen molar-refractivity contribution in [2.75, 3.05) is 14.2 Å². The third-order valence-corrected chi connectivity index (χ3v) is 5.74. The third-order valence-electron chi connectivity index (χ3n) is 5.74. The molecule has 0 bridgehead atoms. The lowest BCUT2D eigenvalue weighted by atomic mass is 10.1. The van der Waals surface area contributed by atoms with Crippen LogP contribution in [0.15, 0.2) is 77.6 Å². The van der Waals surface area contributed by atoms with Crippen molar-refractivity contribution in [3.8, 4) is 5.75 Å². The summed E-state index contributed by atoms with van der Waals surface area (Å²) in [7, 11) is 3.44. The molecule has 0 spiro atoms. The average molecular weight is 400 g/mol. The van der Waals surface area contributed by atoms with Gasteiger partial charge in [0.1, 0.15) is 12.3 Å². The second kappa shape index (κ2) is 8.03.